The van der Waals surface area contributed by atoms with Gasteiger partial charge in [-0.3, -0.25) is 9.69 Å². The number of likely N-dealkylation sites (tertiary alicyclic amines) is 1. The molecule has 1 saturated heterocycles. The monoisotopic (exact) mass is 390 g/mol. The van der Waals surface area contributed by atoms with Crippen molar-refractivity contribution in [1.82, 2.24) is 10.2 Å². The van der Waals surface area contributed by atoms with E-state index < -0.39 is 0 Å². The molecule has 29 heavy (non-hydrogen) atoms. The van der Waals surface area contributed by atoms with Crippen LogP contribution in [0, 0.1) is 0 Å². The summed E-state index contributed by atoms with van der Waals surface area (Å²) < 4.78 is 11.5. The molecule has 5 heteroatoms. The van der Waals surface area contributed by atoms with E-state index in [9.17, 15) is 4.79 Å². The molecule has 1 aromatic heterocycles. The van der Waals surface area contributed by atoms with Crippen LogP contribution in [-0.2, 0) is 6.61 Å². The molecular weight excluding hydrogens is 364 g/mol. The smallest absolute Gasteiger partial charge is 0.251 e. The van der Waals surface area contributed by atoms with Gasteiger partial charge in [0.25, 0.3) is 5.91 Å². The van der Waals surface area contributed by atoms with Crippen LogP contribution >= 0.6 is 0 Å². The van der Waals surface area contributed by atoms with Crippen LogP contribution in [0.15, 0.2) is 77.4 Å². The first-order chi connectivity index (χ1) is 14.3. The minimum absolute atomic E-state index is 0.0639. The average Bonchev–Trinajstić information content (AvgIpc) is 3.48. The Balaban J connectivity index is 1.37. The van der Waals surface area contributed by atoms with Gasteiger partial charge in [-0.25, -0.2) is 0 Å². The van der Waals surface area contributed by atoms with Crippen LogP contribution in [0.1, 0.15) is 40.6 Å². The minimum Gasteiger partial charge on any atom is -0.489 e. The van der Waals surface area contributed by atoms with Crippen molar-refractivity contribution in [3.63, 3.8) is 0 Å². The predicted molar refractivity (Wildman–Crippen MR) is 112 cm³/mol. The summed E-state index contributed by atoms with van der Waals surface area (Å²) in [5, 5.41) is 3.07. The van der Waals surface area contributed by atoms with Gasteiger partial charge in [-0.15, -0.1) is 0 Å². The first-order valence-corrected chi connectivity index (χ1v) is 10.1. The second-order valence-electron chi connectivity index (χ2n) is 7.29. The van der Waals surface area contributed by atoms with E-state index in [2.05, 4.69) is 10.2 Å². The van der Waals surface area contributed by atoms with Gasteiger partial charge in [-0.1, -0.05) is 36.4 Å². The van der Waals surface area contributed by atoms with Crippen LogP contribution in [0.5, 0.6) is 5.75 Å². The summed E-state index contributed by atoms with van der Waals surface area (Å²) in [6, 6.07) is 21.2. The maximum atomic E-state index is 12.7. The highest BCUT2D eigenvalue weighted by atomic mass is 16.5. The summed E-state index contributed by atoms with van der Waals surface area (Å²) in [4.78, 5) is 15.1. The molecule has 0 spiro atoms. The fourth-order valence-corrected chi connectivity index (χ4v) is 3.70. The number of carbonyl (C=O) groups excluding carboxylic acids is 1. The molecule has 5 nitrogen and oxygen atoms in total. The SMILES string of the molecule is O=C(NCC(c1ccco1)N1CCCC1)c1cccc(OCc2ccccc2)c1. The second kappa shape index (κ2) is 9.43. The van der Waals surface area contributed by atoms with Crippen LogP contribution < -0.4 is 10.1 Å². The van der Waals surface area contributed by atoms with Crippen LogP contribution in [0.3, 0.4) is 0 Å². The standard InChI is InChI=1S/C24H26N2O3/c27-24(25-17-22(23-12-7-15-28-23)26-13-4-5-14-26)20-10-6-11-21(16-20)29-18-19-8-2-1-3-9-19/h1-3,6-12,15-16,22H,4-5,13-14,17-18H2,(H,25,27). The maximum Gasteiger partial charge on any atom is 0.251 e. The van der Waals surface area contributed by atoms with Crippen molar-refractivity contribution in [2.75, 3.05) is 19.6 Å². The molecule has 4 rings (SSSR count). The fourth-order valence-electron chi connectivity index (χ4n) is 3.70. The number of ether oxygens (including phenoxy) is 1. The highest BCUT2D eigenvalue weighted by molar-refractivity contribution is 5.94. The third-order valence-electron chi connectivity index (χ3n) is 5.25. The van der Waals surface area contributed by atoms with Crippen LogP contribution in [0.4, 0.5) is 0 Å². The van der Waals surface area contributed by atoms with Crippen molar-refractivity contribution < 1.29 is 13.9 Å². The molecule has 1 atom stereocenters. The molecular formula is C24H26N2O3. The molecule has 3 aromatic rings. The number of furan rings is 1. The van der Waals surface area contributed by atoms with Gasteiger partial charge in [-0.2, -0.15) is 0 Å². The normalized spacial score (nSPS) is 15.2. The Morgan fingerprint density at radius 1 is 1.03 bits per heavy atom. The molecule has 2 heterocycles. The zero-order chi connectivity index (χ0) is 19.9. The van der Waals surface area contributed by atoms with Gasteiger partial charge >= 0.3 is 0 Å². The molecule has 1 aliphatic heterocycles. The lowest BCUT2D eigenvalue weighted by Crippen LogP contribution is -2.36. The first kappa shape index (κ1) is 19.3. The van der Waals surface area contributed by atoms with Gasteiger partial charge in [0, 0.05) is 12.1 Å². The van der Waals surface area contributed by atoms with Crippen molar-refractivity contribution in [2.24, 2.45) is 0 Å². The second-order valence-corrected chi connectivity index (χ2v) is 7.29. The number of rotatable bonds is 8. The van der Waals surface area contributed by atoms with Gasteiger partial charge < -0.3 is 14.5 Å². The highest BCUT2D eigenvalue weighted by Crippen LogP contribution is 2.25. The van der Waals surface area contributed by atoms with Crippen molar-refractivity contribution >= 4 is 5.91 Å². The van der Waals surface area contributed by atoms with E-state index in [4.69, 9.17) is 9.15 Å². The van der Waals surface area contributed by atoms with Gasteiger partial charge in [0.2, 0.25) is 0 Å². The molecule has 150 valence electrons. The summed E-state index contributed by atoms with van der Waals surface area (Å²) in [6.07, 6.45) is 4.06. The van der Waals surface area contributed by atoms with E-state index in [1.807, 2.05) is 60.7 Å². The quantitative estimate of drug-likeness (QED) is 0.618. The molecule has 1 aliphatic rings. The predicted octanol–water partition coefficient (Wildman–Crippen LogP) is 4.43. The van der Waals surface area contributed by atoms with Crippen LogP contribution in [-0.4, -0.2) is 30.4 Å². The van der Waals surface area contributed by atoms with Crippen molar-refractivity contribution in [3.05, 3.63) is 89.9 Å². The molecule has 1 amide bonds. The number of hydrogen-bond acceptors (Lipinski definition) is 4. The van der Waals surface area contributed by atoms with Crippen molar-refractivity contribution in [1.29, 1.82) is 0 Å². The van der Waals surface area contributed by atoms with E-state index in [0.717, 1.165) is 24.4 Å². The fraction of sp³-hybridized carbons (Fsp3) is 0.292. The van der Waals surface area contributed by atoms with E-state index >= 15 is 0 Å². The molecule has 1 N–H and O–H groups in total. The van der Waals surface area contributed by atoms with E-state index in [1.165, 1.54) is 12.8 Å². The van der Waals surface area contributed by atoms with Crippen LogP contribution in [0.25, 0.3) is 0 Å². The van der Waals surface area contributed by atoms with Gasteiger partial charge in [0.05, 0.1) is 12.3 Å². The Bertz CT molecular complexity index is 903. The molecule has 1 fully saturated rings. The van der Waals surface area contributed by atoms with Crippen molar-refractivity contribution in [2.45, 2.75) is 25.5 Å². The highest BCUT2D eigenvalue weighted by Gasteiger charge is 2.26. The summed E-state index contributed by atoms with van der Waals surface area (Å²) in [5.41, 5.74) is 1.68. The topological polar surface area (TPSA) is 54.7 Å². The molecule has 0 bridgehead atoms. The Hall–Kier alpha value is -3.05. The summed E-state index contributed by atoms with van der Waals surface area (Å²) in [7, 11) is 0. The number of nitrogens with zero attached hydrogens (tertiary/aromatic N) is 1. The lowest BCUT2D eigenvalue weighted by Gasteiger charge is -2.26. The largest absolute Gasteiger partial charge is 0.489 e. The third-order valence-corrected chi connectivity index (χ3v) is 5.25. The van der Waals surface area contributed by atoms with Crippen LogP contribution in [0.2, 0.25) is 0 Å². The first-order valence-electron chi connectivity index (χ1n) is 10.1. The van der Waals surface area contributed by atoms with E-state index in [-0.39, 0.29) is 11.9 Å². The zero-order valence-corrected chi connectivity index (χ0v) is 16.4. The number of nitrogens with one attached hydrogen (secondary N) is 1. The Morgan fingerprint density at radius 2 is 1.86 bits per heavy atom. The molecule has 0 radical (unpaired) electrons. The minimum atomic E-state index is -0.106. The lowest BCUT2D eigenvalue weighted by atomic mass is 10.1. The summed E-state index contributed by atoms with van der Waals surface area (Å²) in [5.74, 6) is 1.47. The number of benzene rings is 2. The van der Waals surface area contributed by atoms with Crippen molar-refractivity contribution in [3.8, 4) is 5.75 Å². The maximum absolute atomic E-state index is 12.7. The number of amides is 1. The Morgan fingerprint density at radius 3 is 2.62 bits per heavy atom. The molecule has 2 aromatic carbocycles. The van der Waals surface area contributed by atoms with Gasteiger partial charge in [-0.05, 0) is 61.8 Å². The Labute approximate surface area is 171 Å². The summed E-state index contributed by atoms with van der Waals surface area (Å²) in [6.45, 7) is 3.05. The number of hydrogen-bond donors (Lipinski definition) is 1. The summed E-state index contributed by atoms with van der Waals surface area (Å²) >= 11 is 0. The molecule has 1 unspecified atom stereocenters. The average molecular weight is 390 g/mol. The van der Waals surface area contributed by atoms with E-state index in [0.29, 0.717) is 24.5 Å². The third kappa shape index (κ3) is 5.06. The number of carbonyl (C=O) groups is 1. The van der Waals surface area contributed by atoms with Gasteiger partial charge in [0.15, 0.2) is 0 Å². The van der Waals surface area contributed by atoms with Gasteiger partial charge in [0.1, 0.15) is 18.1 Å². The lowest BCUT2D eigenvalue weighted by molar-refractivity contribution is 0.0933. The van der Waals surface area contributed by atoms with E-state index in [1.54, 1.807) is 12.3 Å². The Kier molecular flexibility index (Phi) is 6.27. The zero-order valence-electron chi connectivity index (χ0n) is 16.4. The molecule has 0 saturated carbocycles. The molecule has 0 aliphatic carbocycles.